The van der Waals surface area contributed by atoms with Gasteiger partial charge in [0.25, 0.3) is 0 Å². The standard InChI is InChI=1S/C25H29N5O4/c1-32-22-12-18(13-23(33-2)24(22)34-3)21(31)15-29-10-8-19(9-11-29)30-14-17-6-4-5-7-20(17)28-25(30)27-16-26/h4-7,12-13,19H,8-11,14-15H2,1-3H3,(H,27,28). The van der Waals surface area contributed by atoms with E-state index in [0.29, 0.717) is 41.9 Å². The number of carbonyl (C=O) groups is 1. The maximum absolute atomic E-state index is 13.0. The van der Waals surface area contributed by atoms with Gasteiger partial charge < -0.3 is 19.1 Å². The highest BCUT2D eigenvalue weighted by molar-refractivity contribution is 5.98. The number of ketones is 1. The number of hydrogen-bond acceptors (Lipinski definition) is 9. The Morgan fingerprint density at radius 3 is 2.41 bits per heavy atom. The van der Waals surface area contributed by atoms with Gasteiger partial charge in [-0.15, -0.1) is 0 Å². The molecule has 2 aliphatic rings. The van der Waals surface area contributed by atoms with E-state index in [1.165, 1.54) is 21.3 Å². The third-order valence-electron chi connectivity index (χ3n) is 6.35. The Labute approximate surface area is 199 Å². The Kier molecular flexibility index (Phi) is 7.18. The molecule has 34 heavy (non-hydrogen) atoms. The number of aliphatic imine (C=N–C) groups is 1. The van der Waals surface area contributed by atoms with Gasteiger partial charge in [-0.3, -0.25) is 15.0 Å². The van der Waals surface area contributed by atoms with Crippen LogP contribution in [0.25, 0.3) is 0 Å². The average molecular weight is 464 g/mol. The summed E-state index contributed by atoms with van der Waals surface area (Å²) in [6.45, 7) is 2.57. The summed E-state index contributed by atoms with van der Waals surface area (Å²) >= 11 is 0. The number of benzene rings is 2. The first-order valence-corrected chi connectivity index (χ1v) is 11.2. The fraction of sp³-hybridized carbons (Fsp3) is 0.400. The van der Waals surface area contributed by atoms with Crippen LogP contribution in [0.4, 0.5) is 5.69 Å². The minimum absolute atomic E-state index is 0.00185. The van der Waals surface area contributed by atoms with Gasteiger partial charge in [0, 0.05) is 31.2 Å². The van der Waals surface area contributed by atoms with Crippen LogP contribution in [0.3, 0.4) is 0 Å². The molecule has 2 heterocycles. The number of para-hydroxylation sites is 1. The number of guanidine groups is 1. The first kappa shape index (κ1) is 23.4. The molecule has 2 aliphatic heterocycles. The van der Waals surface area contributed by atoms with Gasteiger partial charge in [0.1, 0.15) is 0 Å². The van der Waals surface area contributed by atoms with E-state index in [0.717, 1.165) is 37.2 Å². The molecule has 178 valence electrons. The molecule has 0 bridgehead atoms. The number of nitrogens with one attached hydrogen (secondary N) is 1. The van der Waals surface area contributed by atoms with Crippen LogP contribution >= 0.6 is 0 Å². The highest BCUT2D eigenvalue weighted by atomic mass is 16.5. The van der Waals surface area contributed by atoms with Crippen molar-refractivity contribution in [2.75, 3.05) is 41.0 Å². The third-order valence-corrected chi connectivity index (χ3v) is 6.35. The van der Waals surface area contributed by atoms with Crippen molar-refractivity contribution in [3.8, 4) is 23.4 Å². The molecule has 0 spiro atoms. The molecule has 1 N–H and O–H groups in total. The Balaban J connectivity index is 1.41. The zero-order valence-corrected chi connectivity index (χ0v) is 19.7. The molecule has 0 unspecified atom stereocenters. The zero-order valence-electron chi connectivity index (χ0n) is 19.7. The Morgan fingerprint density at radius 1 is 1.12 bits per heavy atom. The first-order chi connectivity index (χ1) is 16.6. The van der Waals surface area contributed by atoms with Gasteiger partial charge in [-0.05, 0) is 36.6 Å². The van der Waals surface area contributed by atoms with Gasteiger partial charge in [-0.2, -0.15) is 5.26 Å². The highest BCUT2D eigenvalue weighted by Gasteiger charge is 2.30. The number of nitriles is 1. The van der Waals surface area contributed by atoms with Gasteiger partial charge in [0.2, 0.25) is 11.7 Å². The zero-order chi connectivity index (χ0) is 24.1. The normalized spacial score (nSPS) is 16.2. The number of piperidine rings is 1. The van der Waals surface area contributed by atoms with Gasteiger partial charge in [0.15, 0.2) is 23.5 Å². The highest BCUT2D eigenvalue weighted by Crippen LogP contribution is 2.38. The van der Waals surface area contributed by atoms with Crippen molar-refractivity contribution in [2.45, 2.75) is 25.4 Å². The van der Waals surface area contributed by atoms with E-state index in [9.17, 15) is 10.1 Å². The molecule has 1 saturated heterocycles. The molecule has 0 atom stereocenters. The molecule has 0 saturated carbocycles. The minimum Gasteiger partial charge on any atom is -0.493 e. The monoisotopic (exact) mass is 463 g/mol. The first-order valence-electron chi connectivity index (χ1n) is 11.2. The molecule has 0 aliphatic carbocycles. The third kappa shape index (κ3) is 4.77. The molecule has 9 heteroatoms. The Morgan fingerprint density at radius 2 is 1.79 bits per heavy atom. The maximum Gasteiger partial charge on any atom is 0.213 e. The quantitative estimate of drug-likeness (QED) is 0.380. The molecule has 2 aromatic carbocycles. The van der Waals surface area contributed by atoms with Crippen LogP contribution in [-0.4, -0.2) is 68.5 Å². The van der Waals surface area contributed by atoms with E-state index in [1.807, 2.05) is 24.4 Å². The molecular formula is C25H29N5O4. The number of carbonyl (C=O) groups excluding carboxylic acids is 1. The molecular weight excluding hydrogens is 434 g/mol. The van der Waals surface area contributed by atoms with E-state index in [4.69, 9.17) is 14.2 Å². The predicted molar refractivity (Wildman–Crippen MR) is 128 cm³/mol. The second-order valence-electron chi connectivity index (χ2n) is 8.27. The molecule has 2 aromatic rings. The van der Waals surface area contributed by atoms with Crippen molar-refractivity contribution < 1.29 is 19.0 Å². The molecule has 1 fully saturated rings. The van der Waals surface area contributed by atoms with Crippen molar-refractivity contribution in [3.63, 3.8) is 0 Å². The molecule has 0 aromatic heterocycles. The van der Waals surface area contributed by atoms with E-state index in [-0.39, 0.29) is 11.8 Å². The second kappa shape index (κ2) is 10.4. The number of rotatable bonds is 7. The van der Waals surface area contributed by atoms with Crippen molar-refractivity contribution in [1.82, 2.24) is 15.1 Å². The SMILES string of the molecule is COc1cc(C(=O)CN2CCC(N3Cc4ccccc4N=C3NC#N)CC2)cc(OC)c1OC. The predicted octanol–water partition coefficient (Wildman–Crippen LogP) is 2.93. The summed E-state index contributed by atoms with van der Waals surface area (Å²) in [5, 5.41) is 11.9. The summed E-state index contributed by atoms with van der Waals surface area (Å²) in [5.74, 6) is 1.98. The van der Waals surface area contributed by atoms with Crippen molar-refractivity contribution in [3.05, 3.63) is 47.5 Å². The number of methoxy groups -OCH3 is 3. The molecule has 9 nitrogen and oxygen atoms in total. The lowest BCUT2D eigenvalue weighted by atomic mass is 10.0. The van der Waals surface area contributed by atoms with Crippen LogP contribution in [0, 0.1) is 11.5 Å². The van der Waals surface area contributed by atoms with Gasteiger partial charge in [-0.25, -0.2) is 4.99 Å². The van der Waals surface area contributed by atoms with Gasteiger partial charge in [-0.1, -0.05) is 18.2 Å². The van der Waals surface area contributed by atoms with Crippen molar-refractivity contribution in [1.29, 1.82) is 5.26 Å². The lowest BCUT2D eigenvalue weighted by molar-refractivity contribution is 0.0875. The van der Waals surface area contributed by atoms with Crippen LogP contribution in [0.5, 0.6) is 17.2 Å². The fourth-order valence-electron chi connectivity index (χ4n) is 4.57. The number of nitrogens with zero attached hydrogens (tertiary/aromatic N) is 4. The number of hydrogen-bond donors (Lipinski definition) is 1. The fourth-order valence-corrected chi connectivity index (χ4v) is 4.57. The smallest absolute Gasteiger partial charge is 0.213 e. The molecule has 0 radical (unpaired) electrons. The Bertz CT molecular complexity index is 1090. The molecule has 0 amide bonds. The van der Waals surface area contributed by atoms with E-state index < -0.39 is 0 Å². The number of fused-ring (bicyclic) bond motifs is 1. The number of likely N-dealkylation sites (tertiary alicyclic amines) is 1. The van der Waals surface area contributed by atoms with E-state index in [1.54, 1.807) is 12.1 Å². The van der Waals surface area contributed by atoms with Gasteiger partial charge in [0.05, 0.1) is 33.6 Å². The minimum atomic E-state index is -0.00185. The second-order valence-corrected chi connectivity index (χ2v) is 8.27. The summed E-state index contributed by atoms with van der Waals surface area (Å²) in [6.07, 6.45) is 3.75. The lowest BCUT2D eigenvalue weighted by Crippen LogP contribution is -2.51. The summed E-state index contributed by atoms with van der Waals surface area (Å²) in [5.41, 5.74) is 2.56. The van der Waals surface area contributed by atoms with Crippen molar-refractivity contribution >= 4 is 17.4 Å². The summed E-state index contributed by atoms with van der Waals surface area (Å²) in [6, 6.07) is 11.6. The molecule has 4 rings (SSSR count). The van der Waals surface area contributed by atoms with E-state index in [2.05, 4.69) is 26.2 Å². The van der Waals surface area contributed by atoms with E-state index >= 15 is 0 Å². The van der Waals surface area contributed by atoms with Crippen LogP contribution < -0.4 is 19.5 Å². The Hall–Kier alpha value is -3.77. The average Bonchev–Trinajstić information content (AvgIpc) is 2.88. The van der Waals surface area contributed by atoms with Crippen molar-refractivity contribution in [2.24, 2.45) is 4.99 Å². The topological polar surface area (TPSA) is 99.4 Å². The summed E-state index contributed by atoms with van der Waals surface area (Å²) < 4.78 is 16.1. The van der Waals surface area contributed by atoms with Crippen LogP contribution in [-0.2, 0) is 6.54 Å². The lowest BCUT2D eigenvalue weighted by Gasteiger charge is -2.40. The summed E-state index contributed by atoms with van der Waals surface area (Å²) in [7, 11) is 4.61. The van der Waals surface area contributed by atoms with Crippen LogP contribution in [0.2, 0.25) is 0 Å². The number of ether oxygens (including phenoxy) is 3. The summed E-state index contributed by atoms with van der Waals surface area (Å²) in [4.78, 5) is 22.0. The number of Topliss-reactive ketones (excluding diaryl/α,β-unsaturated/α-hetero) is 1. The maximum atomic E-state index is 13.0. The van der Waals surface area contributed by atoms with Crippen LogP contribution in [0.15, 0.2) is 41.4 Å². The largest absolute Gasteiger partial charge is 0.493 e. The van der Waals surface area contributed by atoms with Crippen LogP contribution in [0.1, 0.15) is 28.8 Å². The van der Waals surface area contributed by atoms with Gasteiger partial charge >= 0.3 is 0 Å².